The van der Waals surface area contributed by atoms with E-state index in [2.05, 4.69) is 27.6 Å². The molecule has 3 atom stereocenters. The number of halogens is 6. The van der Waals surface area contributed by atoms with Crippen LogP contribution >= 0.6 is 0 Å². The summed E-state index contributed by atoms with van der Waals surface area (Å²) in [6.45, 7) is 5.50. The van der Waals surface area contributed by atoms with Crippen LogP contribution in [0.15, 0.2) is 71.2 Å². The van der Waals surface area contributed by atoms with Crippen molar-refractivity contribution in [2.24, 2.45) is 10.3 Å². The van der Waals surface area contributed by atoms with Crippen LogP contribution < -0.4 is 10.7 Å². The number of oxime groups is 1. The van der Waals surface area contributed by atoms with Gasteiger partial charge >= 0.3 is 12.4 Å². The van der Waals surface area contributed by atoms with E-state index in [-0.39, 0.29) is 24.8 Å². The lowest BCUT2D eigenvalue weighted by atomic mass is 9.76. The number of piperidine rings is 1. The van der Waals surface area contributed by atoms with Crippen LogP contribution in [-0.4, -0.2) is 41.4 Å². The number of nitrogens with one attached hydrogen (secondary N) is 2. The molecule has 0 radical (unpaired) electrons. The fraction of sp³-hybridized carbons (Fsp3) is 0.385. The molecule has 2 heterocycles. The Kier molecular flexibility index (Phi) is 7.68. The van der Waals surface area contributed by atoms with Crippen molar-refractivity contribution in [3.05, 3.63) is 83.2 Å². The largest absolute Gasteiger partial charge is 0.416 e. The molecule has 1 saturated heterocycles. The quantitative estimate of drug-likeness (QED) is 0.179. The molecule has 0 bridgehead atoms. The van der Waals surface area contributed by atoms with Gasteiger partial charge in [-0.3, -0.25) is 5.43 Å². The van der Waals surface area contributed by atoms with Crippen molar-refractivity contribution < 1.29 is 36.3 Å². The van der Waals surface area contributed by atoms with E-state index in [1.807, 2.05) is 30.3 Å². The summed E-state index contributed by atoms with van der Waals surface area (Å²) in [5, 5.41) is 20.0. The summed E-state index contributed by atoms with van der Waals surface area (Å²) in [5.41, 5.74) is -1.17. The second-order valence-corrected chi connectivity index (χ2v) is 9.62. The number of rotatable bonds is 7. The molecular weight excluding hydrogens is 528 g/mol. The standard InChI is InChI=1S/C26H27F6N5O2/c1-17(19-10-21(25(27,28)29)12-22(11-19)26(30,31)32)39-15-24(20-6-4-3-5-7-20)9-8-23(13-33-24,14-35-38)37-16-34-36-18(37)2/h3-7,10-12,14,16-17,33,36,38H,2,8-9,13,15H2,1H3/b35-14+/t17-,23-,24-/m1/s1. The van der Waals surface area contributed by atoms with Crippen molar-refractivity contribution in [2.75, 3.05) is 13.2 Å². The van der Waals surface area contributed by atoms with Crippen molar-refractivity contribution in [1.29, 1.82) is 0 Å². The minimum atomic E-state index is -4.96. The molecule has 0 amide bonds. The van der Waals surface area contributed by atoms with Gasteiger partial charge in [-0.05, 0) is 49.1 Å². The zero-order valence-electron chi connectivity index (χ0n) is 20.9. The van der Waals surface area contributed by atoms with Crippen LogP contribution in [0, 0.1) is 0 Å². The van der Waals surface area contributed by atoms with Gasteiger partial charge in [0.05, 0.1) is 41.1 Å². The Balaban J connectivity index is 1.62. The van der Waals surface area contributed by atoms with Crippen LogP contribution in [0.1, 0.15) is 48.1 Å². The molecule has 0 saturated carbocycles. The maximum atomic E-state index is 13.4. The highest BCUT2D eigenvalue weighted by atomic mass is 19.4. The van der Waals surface area contributed by atoms with Crippen molar-refractivity contribution in [3.63, 3.8) is 0 Å². The Hall–Kier alpha value is -3.58. The number of alkyl halides is 6. The average molecular weight is 556 g/mol. The summed E-state index contributed by atoms with van der Waals surface area (Å²) in [6, 6.07) is 10.6. The van der Waals surface area contributed by atoms with Gasteiger partial charge in [-0.15, -0.1) is 0 Å². The summed E-state index contributed by atoms with van der Waals surface area (Å²) in [6.07, 6.45) is -7.29. The summed E-state index contributed by atoms with van der Waals surface area (Å²) in [5.74, 6) is 0.471. The molecule has 2 aliphatic heterocycles. The third-order valence-corrected chi connectivity index (χ3v) is 7.14. The zero-order chi connectivity index (χ0) is 28.5. The zero-order valence-corrected chi connectivity index (χ0v) is 20.9. The second-order valence-electron chi connectivity index (χ2n) is 9.62. The fourth-order valence-corrected chi connectivity index (χ4v) is 4.87. The van der Waals surface area contributed by atoms with Crippen LogP contribution in [0.2, 0.25) is 0 Å². The lowest BCUT2D eigenvalue weighted by Crippen LogP contribution is -2.64. The number of nitrogens with zero attached hydrogens (tertiary/aromatic N) is 3. The van der Waals surface area contributed by atoms with Crippen LogP contribution in [0.5, 0.6) is 0 Å². The van der Waals surface area contributed by atoms with Gasteiger partial charge in [0.15, 0.2) is 0 Å². The van der Waals surface area contributed by atoms with Gasteiger partial charge in [0, 0.05) is 6.54 Å². The normalized spacial score (nSPS) is 24.8. The Morgan fingerprint density at radius 3 is 2.23 bits per heavy atom. The predicted molar refractivity (Wildman–Crippen MR) is 132 cm³/mol. The summed E-state index contributed by atoms with van der Waals surface area (Å²) in [7, 11) is 0. The number of ether oxygens (including phenoxy) is 1. The predicted octanol–water partition coefficient (Wildman–Crippen LogP) is 5.60. The molecule has 0 aromatic heterocycles. The van der Waals surface area contributed by atoms with E-state index >= 15 is 0 Å². The van der Waals surface area contributed by atoms with E-state index in [0.29, 0.717) is 30.8 Å². The van der Waals surface area contributed by atoms with Crippen molar-refractivity contribution in [2.45, 2.75) is 49.3 Å². The van der Waals surface area contributed by atoms with Gasteiger partial charge in [0.25, 0.3) is 0 Å². The van der Waals surface area contributed by atoms with E-state index in [1.54, 1.807) is 4.90 Å². The van der Waals surface area contributed by atoms with E-state index in [0.717, 1.165) is 5.56 Å². The smallest absolute Gasteiger partial charge is 0.411 e. The first-order chi connectivity index (χ1) is 18.3. The first-order valence-electron chi connectivity index (χ1n) is 12.0. The first kappa shape index (κ1) is 28.4. The van der Waals surface area contributed by atoms with Gasteiger partial charge in [-0.25, -0.2) is 0 Å². The molecule has 210 valence electrons. The van der Waals surface area contributed by atoms with Crippen molar-refractivity contribution in [1.82, 2.24) is 15.6 Å². The Bertz CT molecular complexity index is 1210. The molecular formula is C26H27F6N5O2. The van der Waals surface area contributed by atoms with Gasteiger partial charge < -0.3 is 20.2 Å². The first-order valence-corrected chi connectivity index (χ1v) is 12.0. The Morgan fingerprint density at radius 2 is 1.74 bits per heavy atom. The summed E-state index contributed by atoms with van der Waals surface area (Å²) >= 11 is 0. The van der Waals surface area contributed by atoms with E-state index < -0.39 is 40.7 Å². The molecule has 0 aliphatic carbocycles. The summed E-state index contributed by atoms with van der Waals surface area (Å²) in [4.78, 5) is 1.72. The topological polar surface area (TPSA) is 81.5 Å². The maximum Gasteiger partial charge on any atom is 0.416 e. The fourth-order valence-electron chi connectivity index (χ4n) is 4.87. The van der Waals surface area contributed by atoms with Crippen molar-refractivity contribution in [3.8, 4) is 0 Å². The van der Waals surface area contributed by atoms with Crippen LogP contribution in [0.25, 0.3) is 0 Å². The molecule has 39 heavy (non-hydrogen) atoms. The summed E-state index contributed by atoms with van der Waals surface area (Å²) < 4.78 is 86.3. The molecule has 3 N–H and O–H groups in total. The number of hydrogen-bond acceptors (Lipinski definition) is 7. The van der Waals surface area contributed by atoms with Gasteiger partial charge in [-0.1, -0.05) is 42.1 Å². The maximum absolute atomic E-state index is 13.4. The average Bonchev–Trinajstić information content (AvgIpc) is 3.34. The van der Waals surface area contributed by atoms with E-state index in [9.17, 15) is 31.5 Å². The minimum absolute atomic E-state index is 0.0601. The Labute approximate surface area is 220 Å². The molecule has 1 fully saturated rings. The highest BCUT2D eigenvalue weighted by Crippen LogP contribution is 2.40. The third-order valence-electron chi connectivity index (χ3n) is 7.14. The number of benzene rings is 2. The van der Waals surface area contributed by atoms with Gasteiger partial charge in [0.1, 0.15) is 12.2 Å². The molecule has 7 nitrogen and oxygen atoms in total. The van der Waals surface area contributed by atoms with Crippen LogP contribution in [-0.2, 0) is 22.6 Å². The van der Waals surface area contributed by atoms with Gasteiger partial charge in [-0.2, -0.15) is 31.4 Å². The van der Waals surface area contributed by atoms with E-state index in [4.69, 9.17) is 4.74 Å². The highest BCUT2D eigenvalue weighted by molar-refractivity contribution is 5.77. The molecule has 2 aromatic rings. The van der Waals surface area contributed by atoms with Crippen molar-refractivity contribution >= 4 is 12.6 Å². The molecule has 2 aromatic carbocycles. The lowest BCUT2D eigenvalue weighted by Gasteiger charge is -2.49. The monoisotopic (exact) mass is 555 g/mol. The number of hydrazone groups is 1. The van der Waals surface area contributed by atoms with Crippen LogP contribution in [0.4, 0.5) is 26.3 Å². The second kappa shape index (κ2) is 10.5. The molecule has 4 rings (SSSR count). The molecule has 0 unspecified atom stereocenters. The van der Waals surface area contributed by atoms with Gasteiger partial charge in [0.2, 0.25) is 0 Å². The molecule has 13 heteroatoms. The highest BCUT2D eigenvalue weighted by Gasteiger charge is 2.47. The molecule has 0 spiro atoms. The number of hydrogen-bond donors (Lipinski definition) is 3. The van der Waals surface area contributed by atoms with E-state index in [1.165, 1.54) is 19.5 Å². The third kappa shape index (κ3) is 5.88. The van der Waals surface area contributed by atoms with Crippen LogP contribution in [0.3, 0.4) is 0 Å². The lowest BCUT2D eigenvalue weighted by molar-refractivity contribution is -0.143. The molecule has 2 aliphatic rings. The SMILES string of the molecule is C=C1NN=CN1[C@]1(/C=N/O)CC[C@@](CO[C@H](C)c2cc(C(F)(F)F)cc(C(F)(F)F)c2)(c2ccccc2)NC1. The minimum Gasteiger partial charge on any atom is -0.411 e. The Morgan fingerprint density at radius 1 is 1.10 bits per heavy atom.